The van der Waals surface area contributed by atoms with Crippen molar-refractivity contribution in [3.8, 4) is 17.6 Å². The first-order valence-corrected chi connectivity index (χ1v) is 16.1. The number of ether oxygens (including phenoxy) is 3. The van der Waals surface area contributed by atoms with Gasteiger partial charge in [0, 0.05) is 42.0 Å². The van der Waals surface area contributed by atoms with Gasteiger partial charge in [-0.1, -0.05) is 35.6 Å². The van der Waals surface area contributed by atoms with Crippen LogP contribution >= 0.6 is 11.6 Å². The number of unbranched alkanes of at least 4 members (excludes halogenated alkanes) is 2. The van der Waals surface area contributed by atoms with Crippen LogP contribution in [-0.2, 0) is 35.8 Å². The summed E-state index contributed by atoms with van der Waals surface area (Å²) >= 11 is 6.04. The highest BCUT2D eigenvalue weighted by atomic mass is 35.5. The minimum atomic E-state index is -3.96. The van der Waals surface area contributed by atoms with Crippen molar-refractivity contribution in [3.63, 3.8) is 0 Å². The third kappa shape index (κ3) is 9.51. The van der Waals surface area contributed by atoms with E-state index in [1.54, 1.807) is 43.5 Å². The number of hydrogen-bond acceptors (Lipinski definition) is 9. The Balaban J connectivity index is 0.00000529. The summed E-state index contributed by atoms with van der Waals surface area (Å²) in [6.45, 7) is 2.27. The van der Waals surface area contributed by atoms with Crippen molar-refractivity contribution in [1.82, 2.24) is 16.5 Å². The molecule has 1 fully saturated rings. The van der Waals surface area contributed by atoms with Crippen LogP contribution in [0, 0.1) is 17.8 Å². The molecule has 44 heavy (non-hydrogen) atoms. The van der Waals surface area contributed by atoms with Gasteiger partial charge in [-0.05, 0) is 62.8 Å². The molecule has 1 aromatic heterocycles. The molecule has 3 atom stereocenters. The molecule has 5 N–H and O–H groups in total. The number of methoxy groups -OCH3 is 1. The van der Waals surface area contributed by atoms with Crippen LogP contribution in [0.15, 0.2) is 47.8 Å². The van der Waals surface area contributed by atoms with Gasteiger partial charge in [0.1, 0.15) is 17.5 Å². The van der Waals surface area contributed by atoms with E-state index in [1.807, 2.05) is 0 Å². The third-order valence-corrected chi connectivity index (χ3v) is 8.50. The van der Waals surface area contributed by atoms with Gasteiger partial charge in [0.2, 0.25) is 5.91 Å². The average Bonchev–Trinajstić information content (AvgIpc) is 3.48. The van der Waals surface area contributed by atoms with Crippen LogP contribution in [0.5, 0.6) is 5.75 Å². The number of allylic oxidation sites excluding steroid dienone is 1. The van der Waals surface area contributed by atoms with E-state index in [0.29, 0.717) is 71.2 Å². The Morgan fingerprint density at radius 3 is 2.70 bits per heavy atom. The predicted octanol–water partition coefficient (Wildman–Crippen LogP) is 4.73. The number of aromatic nitrogens is 1. The maximum atomic E-state index is 13.7. The summed E-state index contributed by atoms with van der Waals surface area (Å²) in [6, 6.07) is 8.69. The first-order chi connectivity index (χ1) is 20.6. The molecule has 11 nitrogen and oxygen atoms in total. The van der Waals surface area contributed by atoms with Crippen LogP contribution in [-0.4, -0.2) is 55.4 Å². The van der Waals surface area contributed by atoms with Crippen LogP contribution in [0.1, 0.15) is 68.1 Å². The molecule has 2 aromatic rings. The third-order valence-electron chi connectivity index (χ3n) is 7.47. The lowest BCUT2D eigenvalue weighted by atomic mass is 9.74. The van der Waals surface area contributed by atoms with Gasteiger partial charge in [-0.15, -0.1) is 0 Å². The normalized spacial score (nSPS) is 19.8. The second-order valence-electron chi connectivity index (χ2n) is 10.5. The van der Waals surface area contributed by atoms with Crippen molar-refractivity contribution in [2.75, 3.05) is 19.5 Å². The minimum Gasteiger partial charge on any atom is -0.496 e. The zero-order chi connectivity index (χ0) is 31.0. The molecular weight excluding hydrogens is 610 g/mol. The Morgan fingerprint density at radius 2 is 2.05 bits per heavy atom. The van der Waals surface area contributed by atoms with E-state index in [4.69, 9.17) is 30.4 Å². The largest absolute Gasteiger partial charge is 0.496 e. The molecule has 3 heterocycles. The monoisotopic (exact) mass is 647 g/mol. The fourth-order valence-corrected chi connectivity index (χ4v) is 6.04. The average molecular weight is 648 g/mol. The van der Waals surface area contributed by atoms with Gasteiger partial charge in [-0.2, -0.15) is 8.42 Å². The van der Waals surface area contributed by atoms with Crippen LogP contribution in [0.25, 0.3) is 0 Å². The van der Waals surface area contributed by atoms with Gasteiger partial charge in [0.25, 0.3) is 10.1 Å². The number of esters is 1. The highest BCUT2D eigenvalue weighted by Crippen LogP contribution is 2.41. The first-order valence-electron chi connectivity index (χ1n) is 14.1. The van der Waals surface area contributed by atoms with E-state index < -0.39 is 27.9 Å². The Kier molecular flexibility index (Phi) is 12.7. The van der Waals surface area contributed by atoms with E-state index in [-0.39, 0.29) is 30.5 Å². The fourth-order valence-electron chi connectivity index (χ4n) is 5.36. The van der Waals surface area contributed by atoms with Crippen LogP contribution < -0.4 is 16.2 Å². The number of nitrogens with zero attached hydrogens (tertiary/aromatic N) is 1. The fraction of sp³-hybridized carbons (Fsp3) is 0.452. The predicted molar refractivity (Wildman–Crippen MR) is 165 cm³/mol. The Labute approximate surface area is 263 Å². The van der Waals surface area contributed by atoms with E-state index in [1.165, 1.54) is 7.11 Å². The summed E-state index contributed by atoms with van der Waals surface area (Å²) in [4.78, 5) is 31.1. The van der Waals surface area contributed by atoms with Crippen LogP contribution in [0.2, 0.25) is 5.15 Å². The lowest BCUT2D eigenvalue weighted by Gasteiger charge is -2.34. The summed E-state index contributed by atoms with van der Waals surface area (Å²) < 4.78 is 47.6. The standard InChI is InChI=1S/C31H35ClN2O8S.H3N/c1-20-28(29(22-12-13-27(32)33-18-22)25(30(35)34-20)17-24-9-7-14-41-24)31(36)42-19-23-11-10-21(16-26(23)40-2)8-5-3-4-6-15-43(37,38)39;/h10-13,16,18,24-25,29H,3-4,6-7,9,14-15,17,19H2,1-2H3,(H,34,35)(H,37,38,39);1H3/t24-,25?,29-;/m1./s1. The number of rotatable bonds is 11. The van der Waals surface area contributed by atoms with E-state index >= 15 is 0 Å². The number of hydrogen-bond donors (Lipinski definition) is 3. The molecule has 1 saturated heterocycles. The van der Waals surface area contributed by atoms with Crippen molar-refractivity contribution < 1.29 is 36.8 Å². The Bertz CT molecular complexity index is 1530. The first kappa shape index (κ1) is 35.0. The van der Waals surface area contributed by atoms with Gasteiger partial charge in [-0.3, -0.25) is 9.35 Å². The number of nitrogens with one attached hydrogen (secondary N) is 1. The van der Waals surface area contributed by atoms with Crippen molar-refractivity contribution in [2.45, 2.75) is 64.1 Å². The zero-order valence-electron chi connectivity index (χ0n) is 24.8. The molecule has 13 heteroatoms. The lowest BCUT2D eigenvalue weighted by Crippen LogP contribution is -2.43. The molecule has 0 spiro atoms. The molecule has 4 rings (SSSR count). The number of amides is 1. The number of pyridine rings is 1. The summed E-state index contributed by atoms with van der Waals surface area (Å²) in [5, 5.41) is 3.18. The maximum Gasteiger partial charge on any atom is 0.336 e. The van der Waals surface area contributed by atoms with Crippen molar-refractivity contribution in [2.24, 2.45) is 5.92 Å². The van der Waals surface area contributed by atoms with Crippen molar-refractivity contribution in [1.29, 1.82) is 0 Å². The number of benzene rings is 1. The number of carbonyl (C=O) groups is 2. The van der Waals surface area contributed by atoms with E-state index in [0.717, 1.165) is 12.8 Å². The van der Waals surface area contributed by atoms with Crippen molar-refractivity contribution >= 4 is 33.6 Å². The van der Waals surface area contributed by atoms with E-state index in [9.17, 15) is 18.0 Å². The second-order valence-corrected chi connectivity index (χ2v) is 12.5. The highest BCUT2D eigenvalue weighted by Gasteiger charge is 2.42. The number of halogens is 1. The van der Waals surface area contributed by atoms with Crippen molar-refractivity contribution in [3.05, 3.63) is 69.6 Å². The van der Waals surface area contributed by atoms with Gasteiger partial charge < -0.3 is 25.7 Å². The molecule has 238 valence electrons. The highest BCUT2D eigenvalue weighted by molar-refractivity contribution is 7.85. The second kappa shape index (κ2) is 16.0. The quantitative estimate of drug-likeness (QED) is 0.102. The summed E-state index contributed by atoms with van der Waals surface area (Å²) in [5.74, 6) is 4.31. The topological polar surface area (TPSA) is 176 Å². The Morgan fingerprint density at radius 1 is 1.25 bits per heavy atom. The smallest absolute Gasteiger partial charge is 0.336 e. The molecule has 1 unspecified atom stereocenters. The molecule has 0 bridgehead atoms. The minimum absolute atomic E-state index is 0. The summed E-state index contributed by atoms with van der Waals surface area (Å²) in [7, 11) is -2.45. The Hall–Kier alpha value is -3.47. The zero-order valence-corrected chi connectivity index (χ0v) is 26.4. The SMILES string of the molecule is COc1cc(C#CCCCCS(=O)(=O)O)ccc1COC(=O)C1=C(C)NC(=O)C(C[C@H]2CCCO2)[C@H]1c1ccc(Cl)nc1.N. The molecule has 2 aliphatic heterocycles. The summed E-state index contributed by atoms with van der Waals surface area (Å²) in [5.41, 5.74) is 2.78. The van der Waals surface area contributed by atoms with Gasteiger partial charge in [0.05, 0.1) is 30.5 Å². The molecule has 0 aliphatic carbocycles. The molecule has 1 amide bonds. The number of carbonyl (C=O) groups excluding carboxylic acids is 2. The molecule has 0 radical (unpaired) electrons. The van der Waals surface area contributed by atoms with Gasteiger partial charge >= 0.3 is 5.97 Å². The molecule has 1 aromatic carbocycles. The molecule has 2 aliphatic rings. The maximum absolute atomic E-state index is 13.7. The van der Waals surface area contributed by atoms with Gasteiger partial charge in [0.15, 0.2) is 0 Å². The van der Waals surface area contributed by atoms with E-state index in [2.05, 4.69) is 22.1 Å². The lowest BCUT2D eigenvalue weighted by molar-refractivity contribution is -0.141. The molecular formula is C31H38ClN3O8S. The van der Waals surface area contributed by atoms with Crippen LogP contribution in [0.4, 0.5) is 0 Å². The van der Waals surface area contributed by atoms with Crippen LogP contribution in [0.3, 0.4) is 0 Å². The van der Waals surface area contributed by atoms with Gasteiger partial charge in [-0.25, -0.2) is 9.78 Å². The summed E-state index contributed by atoms with van der Waals surface area (Å²) in [6.07, 6.45) is 5.09. The molecule has 0 saturated carbocycles.